The van der Waals surface area contributed by atoms with Gasteiger partial charge in [0.1, 0.15) is 5.52 Å². The molecular formula is C93H61LiN3O2+. The average Bonchev–Trinajstić information content (AvgIpc) is 0.844. The van der Waals surface area contributed by atoms with E-state index in [1.165, 1.54) is 54.6 Å². The van der Waals surface area contributed by atoms with Crippen LogP contribution in [0.5, 0.6) is 5.75 Å². The molecule has 19 aromatic rings. The van der Waals surface area contributed by atoms with Gasteiger partial charge < -0.3 is 9.52 Å². The summed E-state index contributed by atoms with van der Waals surface area (Å²) >= 11 is 0. The second-order valence-electron chi connectivity index (χ2n) is 24.3. The molecule has 0 aliphatic heterocycles. The van der Waals surface area contributed by atoms with E-state index in [4.69, 9.17) is 16.3 Å². The molecule has 5 nitrogen and oxygen atoms in total. The van der Waals surface area contributed by atoms with Crippen molar-refractivity contribution in [1.29, 1.82) is 0 Å². The van der Waals surface area contributed by atoms with Crippen molar-refractivity contribution in [3.8, 4) is 95.1 Å². The van der Waals surface area contributed by atoms with Gasteiger partial charge in [-0.05, 0) is 191 Å². The van der Waals surface area contributed by atoms with E-state index in [9.17, 15) is 5.11 Å². The van der Waals surface area contributed by atoms with Gasteiger partial charge in [-0.2, -0.15) is 0 Å². The molecule has 19 rings (SSSR count). The number of nitrogens with zero attached hydrogens (tertiary/aromatic N) is 2. The SMILES string of the molecule is [2H]c1c([2H])c([2H])c(-c2c3ccccc3c(-c3cc4ccccc4c4ccccc34)c3ccccc23)c([2H])c1[2H].[Li+].[O-]c1cccc2ccc[nH+]c12.c1cncc(-c2ccc(-c3nc4c(-c5ccc(-c6cccc7ccccc67)cc5)cc(-c5ccc(-c6cccc7ccccc67)cc5)cc4o3)cc2)c1. The molecule has 0 spiro atoms. The number of hydrogen-bond acceptors (Lipinski definition) is 4. The summed E-state index contributed by atoms with van der Waals surface area (Å²) in [4.78, 5) is 12.3. The van der Waals surface area contributed by atoms with Gasteiger partial charge in [-0.25, -0.2) is 9.97 Å². The van der Waals surface area contributed by atoms with Gasteiger partial charge in [-0.1, -0.05) is 291 Å². The Morgan fingerprint density at radius 2 is 0.798 bits per heavy atom. The van der Waals surface area contributed by atoms with Crippen LogP contribution in [0.2, 0.25) is 0 Å². The molecular weight excluding hydrogens is 1200 g/mol. The quantitative estimate of drug-likeness (QED) is 0.0863. The summed E-state index contributed by atoms with van der Waals surface area (Å²) in [6.07, 6.45) is 5.42. The predicted molar refractivity (Wildman–Crippen MR) is 407 cm³/mol. The number of aromatic nitrogens is 3. The minimum absolute atomic E-state index is 0. The third kappa shape index (κ3) is 11.8. The van der Waals surface area contributed by atoms with Crippen molar-refractivity contribution < 1.29 is 40.2 Å². The molecule has 0 unspecified atom stereocenters. The summed E-state index contributed by atoms with van der Waals surface area (Å²) in [6, 6.07) is 107. The van der Waals surface area contributed by atoms with E-state index in [0.717, 1.165) is 98.9 Å². The van der Waals surface area contributed by atoms with Crippen LogP contribution < -0.4 is 29.0 Å². The van der Waals surface area contributed by atoms with Crippen LogP contribution in [-0.4, -0.2) is 9.97 Å². The Balaban J connectivity index is 0.000000143. The first kappa shape index (κ1) is 55.8. The topological polar surface area (TPSA) is 76.1 Å². The number of oxazole rings is 1. The molecule has 6 heteroatoms. The second kappa shape index (κ2) is 27.0. The first-order valence-corrected chi connectivity index (χ1v) is 32.7. The first-order chi connectivity index (χ1) is 50.6. The Bertz CT molecular complexity index is 6410. The van der Waals surface area contributed by atoms with Crippen LogP contribution in [0.25, 0.3) is 176 Å². The van der Waals surface area contributed by atoms with Gasteiger partial charge in [-0.3, -0.25) is 4.98 Å². The van der Waals surface area contributed by atoms with Crippen molar-refractivity contribution in [2.24, 2.45) is 0 Å². The number of benzene rings is 16. The van der Waals surface area contributed by atoms with Gasteiger partial charge in [0.2, 0.25) is 11.4 Å². The zero-order valence-corrected chi connectivity index (χ0v) is 54.0. The van der Waals surface area contributed by atoms with Gasteiger partial charge >= 0.3 is 18.9 Å². The molecule has 0 atom stereocenters. The zero-order chi connectivity index (χ0) is 69.7. The van der Waals surface area contributed by atoms with Crippen molar-refractivity contribution in [1.82, 2.24) is 9.97 Å². The van der Waals surface area contributed by atoms with E-state index in [0.29, 0.717) is 17.0 Å². The van der Waals surface area contributed by atoms with Crippen LogP contribution in [0, 0.1) is 0 Å². The van der Waals surface area contributed by atoms with Gasteiger partial charge in [0, 0.05) is 35.0 Å². The van der Waals surface area contributed by atoms with Gasteiger partial charge in [0.05, 0.1) is 6.85 Å². The molecule has 3 heterocycles. The van der Waals surface area contributed by atoms with Crippen molar-refractivity contribution in [2.45, 2.75) is 0 Å². The molecule has 3 aromatic heterocycles. The maximum atomic E-state index is 11.1. The summed E-state index contributed by atoms with van der Waals surface area (Å²) in [5.41, 5.74) is 17.5. The van der Waals surface area contributed by atoms with E-state index < -0.39 is 0 Å². The summed E-state index contributed by atoms with van der Waals surface area (Å²) < 4.78 is 48.9. The molecule has 16 aromatic carbocycles. The fourth-order valence-corrected chi connectivity index (χ4v) is 14.0. The van der Waals surface area contributed by atoms with E-state index in [2.05, 4.69) is 253 Å². The number of fused-ring (bicyclic) bond motifs is 9. The van der Waals surface area contributed by atoms with Gasteiger partial charge in [0.15, 0.2) is 11.8 Å². The normalized spacial score (nSPS) is 11.9. The molecule has 0 aliphatic rings. The number of hydrogen-bond donors (Lipinski definition) is 0. The van der Waals surface area contributed by atoms with Crippen molar-refractivity contribution in [3.05, 3.63) is 364 Å². The summed E-state index contributed by atoms with van der Waals surface area (Å²) in [5, 5.41) is 25.4. The van der Waals surface area contributed by atoms with E-state index in [1.807, 2.05) is 66.9 Å². The molecule has 0 amide bonds. The standard InChI is InChI=1S/C50H32N2O.C34H22.C9H7NO.Li/c1-3-13-43-35(8-1)10-5-15-45(43)37-21-17-34(18-22-37)42-30-47(39-25-23-38(24-26-39)46-16-6-11-36-9-2-4-14-44(36)46)49-48(31-42)53-50(52-49)40-27-19-33(20-28-40)41-12-7-29-51-32-41;1-2-12-23(13-3-1)33-28-18-8-10-20-30(28)34(31-21-11-9-19-29(31)33)32-22-24-14-4-5-15-25(24)26-16-6-7-17-27(26)32;11-8-5-1-3-7-4-2-6-10-9(7)8;/h1-32H;1-22H;1-6,11H;/q;;;+1/i;1D,2D,3D,12D,13D;;. The Kier molecular flexibility index (Phi) is 15.2. The van der Waals surface area contributed by atoms with Gasteiger partial charge in [0.25, 0.3) is 0 Å². The Hall–Kier alpha value is -12.5. The number of aromatic amines is 1. The Morgan fingerprint density at radius 1 is 0.323 bits per heavy atom. The summed E-state index contributed by atoms with van der Waals surface area (Å²) in [7, 11) is 0. The average molecular weight is 1260 g/mol. The van der Waals surface area contributed by atoms with E-state index in [-0.39, 0.29) is 60.4 Å². The zero-order valence-electron chi connectivity index (χ0n) is 59.0. The minimum atomic E-state index is -0.387. The monoisotopic (exact) mass is 1260 g/mol. The molecule has 0 aliphatic carbocycles. The summed E-state index contributed by atoms with van der Waals surface area (Å²) in [5.74, 6) is 0.637. The second-order valence-corrected chi connectivity index (χ2v) is 24.3. The molecule has 0 saturated heterocycles. The van der Waals surface area contributed by atoms with Crippen molar-refractivity contribution >= 4 is 86.6 Å². The molecule has 0 bridgehead atoms. The van der Waals surface area contributed by atoms with Crippen LogP contribution in [0.4, 0.5) is 0 Å². The molecule has 0 radical (unpaired) electrons. The fraction of sp³-hybridized carbons (Fsp3) is 0. The number of para-hydroxylation sites is 1. The third-order valence-electron chi connectivity index (χ3n) is 18.6. The largest absolute Gasteiger partial charge is 1.00 e. The van der Waals surface area contributed by atoms with Gasteiger partial charge in [-0.15, -0.1) is 0 Å². The van der Waals surface area contributed by atoms with Crippen LogP contribution in [0.1, 0.15) is 6.85 Å². The Labute approximate surface area is 592 Å². The molecule has 0 saturated carbocycles. The minimum Gasteiger partial charge on any atom is -0.868 e. The maximum absolute atomic E-state index is 11.1. The summed E-state index contributed by atoms with van der Waals surface area (Å²) in [6.45, 7) is 0. The number of rotatable bonds is 8. The predicted octanol–water partition coefficient (Wildman–Crippen LogP) is 20.9. The number of H-pyrrole nitrogens is 1. The third-order valence-corrected chi connectivity index (χ3v) is 18.6. The number of nitrogens with one attached hydrogen (secondary N) is 1. The fourth-order valence-electron chi connectivity index (χ4n) is 14.0. The van der Waals surface area contributed by atoms with Crippen molar-refractivity contribution in [3.63, 3.8) is 0 Å². The molecule has 0 fully saturated rings. The maximum Gasteiger partial charge on any atom is 1.00 e. The van der Waals surface area contributed by atoms with Crippen LogP contribution in [-0.2, 0) is 0 Å². The van der Waals surface area contributed by atoms with Crippen LogP contribution in [0.15, 0.2) is 369 Å². The smallest absolute Gasteiger partial charge is 0.868 e. The molecule has 460 valence electrons. The van der Waals surface area contributed by atoms with Crippen molar-refractivity contribution in [2.75, 3.05) is 0 Å². The molecule has 99 heavy (non-hydrogen) atoms. The molecule has 1 N–H and O–H groups in total. The van der Waals surface area contributed by atoms with Crippen LogP contribution >= 0.6 is 0 Å². The number of pyridine rings is 2. The Morgan fingerprint density at radius 3 is 1.39 bits per heavy atom. The van der Waals surface area contributed by atoms with Crippen LogP contribution in [0.3, 0.4) is 0 Å². The van der Waals surface area contributed by atoms with E-state index >= 15 is 0 Å². The van der Waals surface area contributed by atoms with E-state index in [1.54, 1.807) is 24.5 Å². The first-order valence-electron chi connectivity index (χ1n) is 35.2.